The van der Waals surface area contributed by atoms with Crippen molar-refractivity contribution >= 4 is 18.3 Å². The summed E-state index contributed by atoms with van der Waals surface area (Å²) in [7, 11) is 0. The first-order valence-corrected chi connectivity index (χ1v) is 6.68. The summed E-state index contributed by atoms with van der Waals surface area (Å²) in [6, 6.07) is 9.41. The lowest BCUT2D eigenvalue weighted by Crippen LogP contribution is -2.40. The van der Waals surface area contributed by atoms with Gasteiger partial charge in [0.2, 0.25) is 5.91 Å². The van der Waals surface area contributed by atoms with Gasteiger partial charge in [-0.05, 0) is 18.4 Å². The Kier molecular flexibility index (Phi) is 4.87. The van der Waals surface area contributed by atoms with Gasteiger partial charge in [0, 0.05) is 12.8 Å². The van der Waals surface area contributed by atoms with Gasteiger partial charge >= 0.3 is 6.09 Å². The summed E-state index contributed by atoms with van der Waals surface area (Å²) in [6.45, 7) is 0.229. The van der Waals surface area contributed by atoms with E-state index in [1.165, 1.54) is 4.90 Å². The molecule has 5 nitrogen and oxygen atoms in total. The maximum Gasteiger partial charge on any atom is 0.416 e. The van der Waals surface area contributed by atoms with E-state index in [9.17, 15) is 14.4 Å². The highest BCUT2D eigenvalue weighted by molar-refractivity contribution is 5.93. The van der Waals surface area contributed by atoms with Crippen LogP contribution in [0.2, 0.25) is 0 Å². The fourth-order valence-electron chi connectivity index (χ4n) is 2.26. The van der Waals surface area contributed by atoms with Crippen molar-refractivity contribution in [2.75, 3.05) is 6.61 Å². The van der Waals surface area contributed by atoms with Crippen molar-refractivity contribution in [1.82, 2.24) is 4.90 Å². The SMILES string of the molecule is O=CCCCC(=O)N1C(=O)OC[C@H]1Cc1ccccc1. The minimum absolute atomic E-state index is 0.194. The molecule has 0 aromatic heterocycles. The summed E-state index contributed by atoms with van der Waals surface area (Å²) in [5.41, 5.74) is 1.06. The second-order valence-electron chi connectivity index (χ2n) is 4.74. The van der Waals surface area contributed by atoms with E-state index >= 15 is 0 Å². The van der Waals surface area contributed by atoms with Gasteiger partial charge in [0.25, 0.3) is 0 Å². The third-order valence-corrected chi connectivity index (χ3v) is 3.26. The molecule has 0 bridgehead atoms. The van der Waals surface area contributed by atoms with Crippen LogP contribution in [0.3, 0.4) is 0 Å². The first kappa shape index (κ1) is 14.2. The van der Waals surface area contributed by atoms with Gasteiger partial charge in [-0.15, -0.1) is 0 Å². The van der Waals surface area contributed by atoms with Gasteiger partial charge in [0.15, 0.2) is 0 Å². The van der Waals surface area contributed by atoms with Crippen molar-refractivity contribution in [3.8, 4) is 0 Å². The fourth-order valence-corrected chi connectivity index (χ4v) is 2.26. The zero-order valence-electron chi connectivity index (χ0n) is 11.2. The van der Waals surface area contributed by atoms with E-state index in [0.29, 0.717) is 19.3 Å². The van der Waals surface area contributed by atoms with Crippen LogP contribution in [0, 0.1) is 0 Å². The maximum atomic E-state index is 12.0. The van der Waals surface area contributed by atoms with Gasteiger partial charge in [-0.3, -0.25) is 4.79 Å². The molecule has 0 radical (unpaired) electrons. The van der Waals surface area contributed by atoms with Crippen LogP contribution in [0.25, 0.3) is 0 Å². The van der Waals surface area contributed by atoms with Crippen LogP contribution in [0.15, 0.2) is 30.3 Å². The molecule has 1 aromatic rings. The molecule has 2 amide bonds. The number of cyclic esters (lactones) is 1. The van der Waals surface area contributed by atoms with E-state index < -0.39 is 6.09 Å². The molecular formula is C15H17NO4. The summed E-state index contributed by atoms with van der Waals surface area (Å²) >= 11 is 0. The van der Waals surface area contributed by atoms with Gasteiger partial charge in [-0.2, -0.15) is 0 Å². The van der Waals surface area contributed by atoms with Crippen molar-refractivity contribution in [1.29, 1.82) is 0 Å². The Hall–Kier alpha value is -2.17. The summed E-state index contributed by atoms with van der Waals surface area (Å²) < 4.78 is 4.97. The largest absolute Gasteiger partial charge is 0.447 e. The maximum absolute atomic E-state index is 12.0. The number of nitrogens with zero attached hydrogens (tertiary/aromatic N) is 1. The molecule has 1 saturated heterocycles. The summed E-state index contributed by atoms with van der Waals surface area (Å²) in [4.78, 5) is 35.2. The standard InChI is InChI=1S/C15H17NO4/c17-9-5-4-8-14(18)16-13(11-20-15(16)19)10-12-6-2-1-3-7-12/h1-3,6-7,9,13H,4-5,8,10-11H2/t13-/m1/s1. The lowest BCUT2D eigenvalue weighted by Gasteiger charge is -2.19. The zero-order chi connectivity index (χ0) is 14.4. The third kappa shape index (κ3) is 3.44. The highest BCUT2D eigenvalue weighted by Crippen LogP contribution is 2.19. The van der Waals surface area contributed by atoms with Crippen molar-refractivity contribution in [3.63, 3.8) is 0 Å². The number of ether oxygens (including phenoxy) is 1. The molecule has 1 aliphatic rings. The Bertz CT molecular complexity index is 486. The molecule has 5 heteroatoms. The molecule has 1 atom stereocenters. The predicted molar refractivity (Wildman–Crippen MR) is 72.0 cm³/mol. The van der Waals surface area contributed by atoms with Gasteiger partial charge in [0.05, 0.1) is 6.04 Å². The van der Waals surface area contributed by atoms with Gasteiger partial charge in [0.1, 0.15) is 12.9 Å². The molecule has 1 heterocycles. The normalized spacial score (nSPS) is 17.9. The van der Waals surface area contributed by atoms with Crippen molar-refractivity contribution in [3.05, 3.63) is 35.9 Å². The highest BCUT2D eigenvalue weighted by atomic mass is 16.6. The number of rotatable bonds is 6. The smallest absolute Gasteiger partial charge is 0.416 e. The first-order chi connectivity index (χ1) is 9.72. The van der Waals surface area contributed by atoms with Crippen LogP contribution in [-0.2, 0) is 20.7 Å². The first-order valence-electron chi connectivity index (χ1n) is 6.68. The number of unbranched alkanes of at least 4 members (excludes halogenated alkanes) is 1. The number of carbonyl (C=O) groups is 3. The lowest BCUT2D eigenvalue weighted by atomic mass is 10.1. The molecule has 0 aliphatic carbocycles. The predicted octanol–water partition coefficient (Wildman–Crippen LogP) is 1.95. The molecule has 0 unspecified atom stereocenters. The molecule has 1 aliphatic heterocycles. The second-order valence-corrected chi connectivity index (χ2v) is 4.74. The Morgan fingerprint density at radius 1 is 1.35 bits per heavy atom. The van der Waals surface area contributed by atoms with E-state index in [1.54, 1.807) is 0 Å². The summed E-state index contributed by atoms with van der Waals surface area (Å²) in [5.74, 6) is -0.268. The fraction of sp³-hybridized carbons (Fsp3) is 0.400. The number of benzene rings is 1. The van der Waals surface area contributed by atoms with Crippen molar-refractivity contribution < 1.29 is 19.1 Å². The Morgan fingerprint density at radius 3 is 2.80 bits per heavy atom. The molecule has 0 N–H and O–H groups in total. The molecule has 0 spiro atoms. The van der Waals surface area contributed by atoms with E-state index in [-0.39, 0.29) is 25.0 Å². The molecule has 20 heavy (non-hydrogen) atoms. The minimum Gasteiger partial charge on any atom is -0.447 e. The van der Waals surface area contributed by atoms with Gasteiger partial charge < -0.3 is 9.53 Å². The number of carbonyl (C=O) groups excluding carboxylic acids is 3. The van der Waals surface area contributed by atoms with E-state index in [0.717, 1.165) is 11.8 Å². The zero-order valence-corrected chi connectivity index (χ0v) is 11.2. The Labute approximate surface area is 117 Å². The number of hydrogen-bond donors (Lipinski definition) is 0. The molecule has 1 aromatic carbocycles. The lowest BCUT2D eigenvalue weighted by molar-refractivity contribution is -0.129. The number of amides is 2. The van der Waals surface area contributed by atoms with E-state index in [1.807, 2.05) is 30.3 Å². The van der Waals surface area contributed by atoms with Gasteiger partial charge in [-0.1, -0.05) is 30.3 Å². The molecule has 1 fully saturated rings. The van der Waals surface area contributed by atoms with Crippen LogP contribution < -0.4 is 0 Å². The molecule has 106 valence electrons. The van der Waals surface area contributed by atoms with Crippen LogP contribution >= 0.6 is 0 Å². The second kappa shape index (κ2) is 6.84. The van der Waals surface area contributed by atoms with Crippen molar-refractivity contribution in [2.24, 2.45) is 0 Å². The van der Waals surface area contributed by atoms with E-state index in [2.05, 4.69) is 0 Å². The summed E-state index contributed by atoms with van der Waals surface area (Å²) in [5, 5.41) is 0. The highest BCUT2D eigenvalue weighted by Gasteiger charge is 2.37. The van der Waals surface area contributed by atoms with Crippen LogP contribution in [0.5, 0.6) is 0 Å². The number of aldehydes is 1. The average Bonchev–Trinajstić information content (AvgIpc) is 2.81. The molecular weight excluding hydrogens is 258 g/mol. The minimum atomic E-state index is -0.581. The Morgan fingerprint density at radius 2 is 2.10 bits per heavy atom. The number of imide groups is 1. The topological polar surface area (TPSA) is 63.7 Å². The summed E-state index contributed by atoms with van der Waals surface area (Å²) in [6.07, 6.45) is 1.77. The third-order valence-electron chi connectivity index (χ3n) is 3.26. The number of hydrogen-bond acceptors (Lipinski definition) is 4. The van der Waals surface area contributed by atoms with Crippen LogP contribution in [0.4, 0.5) is 4.79 Å². The van der Waals surface area contributed by atoms with Gasteiger partial charge in [-0.25, -0.2) is 9.69 Å². The van der Waals surface area contributed by atoms with Crippen molar-refractivity contribution in [2.45, 2.75) is 31.7 Å². The Balaban J connectivity index is 1.99. The monoisotopic (exact) mass is 275 g/mol. The molecule has 0 saturated carbocycles. The molecule has 2 rings (SSSR count). The van der Waals surface area contributed by atoms with Crippen LogP contribution in [0.1, 0.15) is 24.8 Å². The average molecular weight is 275 g/mol. The quantitative estimate of drug-likeness (QED) is 0.588. The van der Waals surface area contributed by atoms with Crippen LogP contribution in [-0.4, -0.2) is 35.8 Å². The van der Waals surface area contributed by atoms with E-state index in [4.69, 9.17) is 4.74 Å².